The van der Waals surface area contributed by atoms with Crippen LogP contribution in [-0.2, 0) is 11.2 Å². The van der Waals surface area contributed by atoms with Crippen molar-refractivity contribution < 1.29 is 14.6 Å². The van der Waals surface area contributed by atoms with E-state index in [1.807, 2.05) is 4.90 Å². The first-order chi connectivity index (χ1) is 15.3. The summed E-state index contributed by atoms with van der Waals surface area (Å²) < 4.78 is 6.31. The Morgan fingerprint density at radius 2 is 2.00 bits per heavy atom. The Morgan fingerprint density at radius 3 is 2.81 bits per heavy atom. The molecule has 1 aromatic heterocycles. The maximum Gasteiger partial charge on any atom is 0.410 e. The van der Waals surface area contributed by atoms with Crippen LogP contribution in [0.5, 0.6) is 0 Å². The second kappa shape index (κ2) is 7.20. The average Bonchev–Trinajstić information content (AvgIpc) is 3.46. The fourth-order valence-corrected chi connectivity index (χ4v) is 8.71. The third-order valence-corrected chi connectivity index (χ3v) is 11.0. The summed E-state index contributed by atoms with van der Waals surface area (Å²) in [4.78, 5) is 16.2. The zero-order valence-electron chi connectivity index (χ0n) is 19.3. The van der Waals surface area contributed by atoms with Crippen molar-refractivity contribution >= 4 is 17.4 Å². The molecule has 4 fully saturated rings. The minimum Gasteiger partial charge on any atom is -0.440 e. The lowest BCUT2D eigenvalue weighted by molar-refractivity contribution is -0.0626. The molecule has 2 heterocycles. The van der Waals surface area contributed by atoms with Crippen LogP contribution in [0.1, 0.15) is 63.7 Å². The molecule has 32 heavy (non-hydrogen) atoms. The largest absolute Gasteiger partial charge is 0.440 e. The average molecular weight is 454 g/mol. The molecule has 1 N–H and O–H groups in total. The summed E-state index contributed by atoms with van der Waals surface area (Å²) in [6.45, 7) is 6.34. The van der Waals surface area contributed by atoms with Crippen LogP contribution in [0.15, 0.2) is 40.8 Å². The van der Waals surface area contributed by atoms with Gasteiger partial charge >= 0.3 is 6.09 Å². The normalized spacial score (nSPS) is 42.8. The monoisotopic (exact) mass is 453 g/mol. The Balaban J connectivity index is 1.26. The number of nitrogens with zero attached hydrogens (tertiary/aromatic N) is 1. The van der Waals surface area contributed by atoms with E-state index in [-0.39, 0.29) is 28.6 Å². The molecule has 1 spiro atoms. The summed E-state index contributed by atoms with van der Waals surface area (Å²) in [6.07, 6.45) is 12.6. The minimum absolute atomic E-state index is 0.0125. The number of hydrogen-bond donors (Lipinski definition) is 1. The van der Waals surface area contributed by atoms with Crippen LogP contribution in [0.4, 0.5) is 4.79 Å². The lowest BCUT2D eigenvalue weighted by atomic mass is 9.50. The van der Waals surface area contributed by atoms with E-state index in [0.29, 0.717) is 11.8 Å². The van der Waals surface area contributed by atoms with Gasteiger partial charge in [-0.3, -0.25) is 0 Å². The number of aliphatic hydroxyl groups excluding tert-OH is 1. The number of amides is 1. The smallest absolute Gasteiger partial charge is 0.410 e. The first-order valence-electron chi connectivity index (χ1n) is 12.4. The van der Waals surface area contributed by atoms with E-state index in [1.165, 1.54) is 10.5 Å². The molecule has 172 valence electrons. The van der Waals surface area contributed by atoms with Gasteiger partial charge in [0.15, 0.2) is 0 Å². The molecule has 1 saturated heterocycles. The Hall–Kier alpha value is -1.59. The van der Waals surface area contributed by atoms with Gasteiger partial charge in [0, 0.05) is 16.8 Å². The van der Waals surface area contributed by atoms with E-state index in [2.05, 4.69) is 43.5 Å². The Morgan fingerprint density at radius 1 is 1.16 bits per heavy atom. The lowest BCUT2D eigenvalue weighted by Crippen LogP contribution is -2.53. The molecule has 0 unspecified atom stereocenters. The van der Waals surface area contributed by atoms with Crippen LogP contribution < -0.4 is 0 Å². The van der Waals surface area contributed by atoms with Crippen molar-refractivity contribution in [1.82, 2.24) is 4.90 Å². The molecule has 0 bridgehead atoms. The zero-order valence-corrected chi connectivity index (χ0v) is 20.1. The van der Waals surface area contributed by atoms with Gasteiger partial charge in [-0.2, -0.15) is 0 Å². The quantitative estimate of drug-likeness (QED) is 0.636. The van der Waals surface area contributed by atoms with Crippen LogP contribution in [0.2, 0.25) is 0 Å². The molecule has 4 aliphatic carbocycles. The van der Waals surface area contributed by atoms with Crippen LogP contribution in [0.25, 0.3) is 0 Å². The van der Waals surface area contributed by atoms with Crippen molar-refractivity contribution in [2.24, 2.45) is 22.7 Å². The lowest BCUT2D eigenvalue weighted by Gasteiger charge is -2.55. The number of hydrogen-bond acceptors (Lipinski definition) is 4. The van der Waals surface area contributed by atoms with Crippen molar-refractivity contribution in [3.63, 3.8) is 0 Å². The predicted octanol–water partition coefficient (Wildman–Crippen LogP) is 5.73. The Kier molecular flexibility index (Phi) is 4.72. The van der Waals surface area contributed by atoms with Crippen LogP contribution in [-0.4, -0.2) is 40.9 Å². The SMILES string of the molecule is C[C@]12CC[C@H](O)CC1=CC=C1[C@@H]2CC[C@@]2(C)[C@H]1CC[C@@]21CN(CCc2cccs2)C(=O)O1. The summed E-state index contributed by atoms with van der Waals surface area (Å²) in [5.74, 6) is 1.07. The van der Waals surface area contributed by atoms with Gasteiger partial charge in [-0.15, -0.1) is 11.3 Å². The van der Waals surface area contributed by atoms with E-state index < -0.39 is 0 Å². The summed E-state index contributed by atoms with van der Waals surface area (Å²) in [5, 5.41) is 12.3. The van der Waals surface area contributed by atoms with Gasteiger partial charge in [0.1, 0.15) is 5.60 Å². The van der Waals surface area contributed by atoms with Gasteiger partial charge in [-0.1, -0.05) is 43.2 Å². The molecular formula is C27H35NO3S. The number of rotatable bonds is 3. The molecule has 4 nitrogen and oxygen atoms in total. The van der Waals surface area contributed by atoms with E-state index in [9.17, 15) is 9.90 Å². The van der Waals surface area contributed by atoms with Crippen molar-refractivity contribution in [3.8, 4) is 0 Å². The highest BCUT2D eigenvalue weighted by atomic mass is 32.1. The van der Waals surface area contributed by atoms with Gasteiger partial charge in [0.05, 0.1) is 12.6 Å². The van der Waals surface area contributed by atoms with Crippen molar-refractivity contribution in [3.05, 3.63) is 45.7 Å². The number of fused-ring (bicyclic) bond motifs is 6. The molecule has 1 aromatic rings. The number of allylic oxidation sites excluding steroid dienone is 3. The maximum absolute atomic E-state index is 12.9. The molecule has 6 atom stereocenters. The number of thiophene rings is 1. The summed E-state index contributed by atoms with van der Waals surface area (Å²) in [6, 6.07) is 4.23. The highest BCUT2D eigenvalue weighted by Gasteiger charge is 2.67. The van der Waals surface area contributed by atoms with E-state index in [4.69, 9.17) is 4.74 Å². The van der Waals surface area contributed by atoms with E-state index >= 15 is 0 Å². The molecular weight excluding hydrogens is 418 g/mol. The van der Waals surface area contributed by atoms with Gasteiger partial charge in [0.2, 0.25) is 0 Å². The third kappa shape index (κ3) is 2.86. The van der Waals surface area contributed by atoms with Crippen LogP contribution in [0.3, 0.4) is 0 Å². The standard InChI is InChI=1S/C27H35NO3S/c1-25-11-7-19(29)16-18(25)5-6-21-22(25)8-12-26(2)23(21)9-13-27(26)17-28(24(30)31-27)14-10-20-4-3-15-32-20/h3-6,15,19,22-23,29H,7-14,16-17H2,1-2H3/t19-,22-,23-,25-,26-,27+/m0/s1. The van der Waals surface area contributed by atoms with E-state index in [1.54, 1.807) is 16.9 Å². The molecule has 0 radical (unpaired) electrons. The molecule has 5 aliphatic rings. The van der Waals surface area contributed by atoms with Gasteiger partial charge in [0.25, 0.3) is 0 Å². The fraction of sp³-hybridized carbons (Fsp3) is 0.667. The predicted molar refractivity (Wildman–Crippen MR) is 126 cm³/mol. The number of carbonyl (C=O) groups excluding carboxylic acids is 1. The second-order valence-corrected chi connectivity index (χ2v) is 12.4. The minimum atomic E-state index is -0.344. The topological polar surface area (TPSA) is 49.8 Å². The molecule has 1 aliphatic heterocycles. The second-order valence-electron chi connectivity index (χ2n) is 11.4. The number of aliphatic hydroxyl groups is 1. The first kappa shape index (κ1) is 21.0. The first-order valence-corrected chi connectivity index (χ1v) is 13.3. The van der Waals surface area contributed by atoms with Gasteiger partial charge in [-0.25, -0.2) is 4.79 Å². The van der Waals surface area contributed by atoms with Crippen LogP contribution >= 0.6 is 11.3 Å². The van der Waals surface area contributed by atoms with Crippen molar-refractivity contribution in [2.75, 3.05) is 13.1 Å². The van der Waals surface area contributed by atoms with Gasteiger partial charge in [-0.05, 0) is 80.1 Å². The number of carbonyl (C=O) groups is 1. The third-order valence-electron chi connectivity index (χ3n) is 10.0. The summed E-state index contributed by atoms with van der Waals surface area (Å²) in [5.41, 5.74) is 2.92. The molecule has 5 heteroatoms. The van der Waals surface area contributed by atoms with Crippen LogP contribution in [0, 0.1) is 22.7 Å². The molecule has 3 saturated carbocycles. The fourth-order valence-electron chi connectivity index (χ4n) is 8.01. The zero-order chi connectivity index (χ0) is 22.1. The molecule has 1 amide bonds. The molecule has 6 rings (SSSR count). The number of ether oxygens (including phenoxy) is 1. The highest BCUT2D eigenvalue weighted by Crippen LogP contribution is 2.67. The highest BCUT2D eigenvalue weighted by molar-refractivity contribution is 7.09. The van der Waals surface area contributed by atoms with Crippen molar-refractivity contribution in [2.45, 2.75) is 76.9 Å². The Labute approximate surface area is 195 Å². The van der Waals surface area contributed by atoms with Gasteiger partial charge < -0.3 is 14.7 Å². The summed E-state index contributed by atoms with van der Waals surface area (Å²) in [7, 11) is 0. The van der Waals surface area contributed by atoms with E-state index in [0.717, 1.165) is 64.5 Å². The maximum atomic E-state index is 12.9. The molecule has 0 aromatic carbocycles. The van der Waals surface area contributed by atoms with Crippen molar-refractivity contribution in [1.29, 1.82) is 0 Å². The summed E-state index contributed by atoms with van der Waals surface area (Å²) >= 11 is 1.76. The Bertz CT molecular complexity index is 983.